The average molecular weight is 234 g/mol. The molecule has 17 heavy (non-hydrogen) atoms. The molecule has 0 saturated heterocycles. The molecule has 0 spiro atoms. The summed E-state index contributed by atoms with van der Waals surface area (Å²) in [6.45, 7) is 1.94. The second kappa shape index (κ2) is 5.44. The third kappa shape index (κ3) is 2.93. The maximum absolute atomic E-state index is 12.8. The quantitative estimate of drug-likeness (QED) is 0.770. The molecule has 0 N–H and O–H groups in total. The molecule has 0 heterocycles. The van der Waals surface area contributed by atoms with Crippen molar-refractivity contribution in [3.8, 4) is 0 Å². The highest BCUT2D eigenvalue weighted by atomic mass is 19.1. The van der Waals surface area contributed by atoms with Crippen LogP contribution >= 0.6 is 0 Å². The van der Waals surface area contributed by atoms with Gasteiger partial charge >= 0.3 is 0 Å². The number of benzene rings is 1. The standard InChI is InChI=1S/C15H19FO/c1-2-15(17)13-5-3-11(4-6-13)12-7-9-14(16)10-8-12/h7-11,13H,2-6H2,1H3. The minimum Gasteiger partial charge on any atom is -0.299 e. The van der Waals surface area contributed by atoms with Crippen LogP contribution in [0.3, 0.4) is 0 Å². The normalized spacial score (nSPS) is 24.6. The maximum atomic E-state index is 12.8. The van der Waals surface area contributed by atoms with Crippen molar-refractivity contribution in [1.29, 1.82) is 0 Å². The van der Waals surface area contributed by atoms with Crippen LogP contribution < -0.4 is 0 Å². The van der Waals surface area contributed by atoms with Gasteiger partial charge in [-0.1, -0.05) is 19.1 Å². The summed E-state index contributed by atoms with van der Waals surface area (Å²) in [6.07, 6.45) is 4.76. The number of carbonyl (C=O) groups excluding carboxylic acids is 1. The lowest BCUT2D eigenvalue weighted by Gasteiger charge is -2.27. The van der Waals surface area contributed by atoms with Crippen molar-refractivity contribution in [2.24, 2.45) is 5.92 Å². The highest BCUT2D eigenvalue weighted by molar-refractivity contribution is 5.80. The molecule has 1 saturated carbocycles. The molecular weight excluding hydrogens is 215 g/mol. The van der Waals surface area contributed by atoms with Gasteiger partial charge in [-0.15, -0.1) is 0 Å². The number of halogens is 1. The van der Waals surface area contributed by atoms with Crippen LogP contribution in [0.2, 0.25) is 0 Å². The molecule has 1 aliphatic carbocycles. The summed E-state index contributed by atoms with van der Waals surface area (Å²) >= 11 is 0. The molecule has 0 atom stereocenters. The molecule has 2 heteroatoms. The van der Waals surface area contributed by atoms with Crippen molar-refractivity contribution in [3.63, 3.8) is 0 Å². The van der Waals surface area contributed by atoms with Gasteiger partial charge in [0, 0.05) is 12.3 Å². The summed E-state index contributed by atoms with van der Waals surface area (Å²) in [5, 5.41) is 0. The molecule has 0 aromatic heterocycles. The summed E-state index contributed by atoms with van der Waals surface area (Å²) in [7, 11) is 0. The van der Waals surface area contributed by atoms with Crippen molar-refractivity contribution in [2.45, 2.75) is 44.9 Å². The molecule has 0 unspecified atom stereocenters. The Bertz CT molecular complexity index is 374. The van der Waals surface area contributed by atoms with E-state index in [-0.39, 0.29) is 11.7 Å². The van der Waals surface area contributed by atoms with E-state index < -0.39 is 0 Å². The van der Waals surface area contributed by atoms with Gasteiger partial charge in [0.05, 0.1) is 0 Å². The van der Waals surface area contributed by atoms with Gasteiger partial charge in [-0.05, 0) is 49.3 Å². The summed E-state index contributed by atoms with van der Waals surface area (Å²) in [4.78, 5) is 11.6. The second-order valence-electron chi connectivity index (χ2n) is 4.92. The fourth-order valence-electron chi connectivity index (χ4n) is 2.77. The van der Waals surface area contributed by atoms with Gasteiger partial charge in [-0.3, -0.25) is 4.79 Å². The van der Waals surface area contributed by atoms with E-state index in [9.17, 15) is 9.18 Å². The minimum atomic E-state index is -0.177. The van der Waals surface area contributed by atoms with E-state index in [1.807, 2.05) is 19.1 Å². The lowest BCUT2D eigenvalue weighted by molar-refractivity contribution is -0.123. The molecule has 2 rings (SSSR count). The molecule has 0 amide bonds. The van der Waals surface area contributed by atoms with Crippen molar-refractivity contribution in [3.05, 3.63) is 35.6 Å². The van der Waals surface area contributed by atoms with Crippen LogP contribution in [-0.2, 0) is 4.79 Å². The van der Waals surface area contributed by atoms with Gasteiger partial charge in [-0.2, -0.15) is 0 Å². The topological polar surface area (TPSA) is 17.1 Å². The van der Waals surface area contributed by atoms with Crippen molar-refractivity contribution in [1.82, 2.24) is 0 Å². The number of Topliss-reactive ketones (excluding diaryl/α,β-unsaturated/α-hetero) is 1. The smallest absolute Gasteiger partial charge is 0.135 e. The maximum Gasteiger partial charge on any atom is 0.135 e. The van der Waals surface area contributed by atoms with Crippen LogP contribution in [0.1, 0.15) is 50.5 Å². The molecule has 1 aliphatic rings. The lowest BCUT2D eigenvalue weighted by Crippen LogP contribution is -2.20. The van der Waals surface area contributed by atoms with Crippen LogP contribution in [0.25, 0.3) is 0 Å². The van der Waals surface area contributed by atoms with Crippen LogP contribution in [0.15, 0.2) is 24.3 Å². The van der Waals surface area contributed by atoms with Gasteiger partial charge in [0.15, 0.2) is 0 Å². The van der Waals surface area contributed by atoms with E-state index in [1.165, 1.54) is 17.7 Å². The van der Waals surface area contributed by atoms with Gasteiger partial charge < -0.3 is 0 Å². The van der Waals surface area contributed by atoms with E-state index >= 15 is 0 Å². The largest absolute Gasteiger partial charge is 0.299 e. The Morgan fingerprint density at radius 3 is 2.29 bits per heavy atom. The monoisotopic (exact) mass is 234 g/mol. The zero-order chi connectivity index (χ0) is 12.3. The zero-order valence-electron chi connectivity index (χ0n) is 10.3. The molecule has 0 bridgehead atoms. The predicted octanol–water partition coefficient (Wildman–Crippen LogP) is 4.08. The van der Waals surface area contributed by atoms with Crippen LogP contribution in [0, 0.1) is 11.7 Å². The average Bonchev–Trinajstić information content (AvgIpc) is 2.39. The summed E-state index contributed by atoms with van der Waals surface area (Å²) in [5.74, 6) is 1.01. The number of rotatable bonds is 3. The SMILES string of the molecule is CCC(=O)C1CCC(c2ccc(F)cc2)CC1. The molecule has 0 aliphatic heterocycles. The third-order valence-corrected chi connectivity index (χ3v) is 3.87. The van der Waals surface area contributed by atoms with Crippen LogP contribution in [-0.4, -0.2) is 5.78 Å². The van der Waals surface area contributed by atoms with Crippen molar-refractivity contribution < 1.29 is 9.18 Å². The molecule has 1 fully saturated rings. The first-order chi connectivity index (χ1) is 8.20. The Kier molecular flexibility index (Phi) is 3.93. The predicted molar refractivity (Wildman–Crippen MR) is 66.4 cm³/mol. The molecule has 1 nitrogen and oxygen atoms in total. The minimum absolute atomic E-state index is 0.177. The highest BCUT2D eigenvalue weighted by Crippen LogP contribution is 2.36. The number of ketones is 1. The Balaban J connectivity index is 1.95. The Labute approximate surface area is 102 Å². The Hall–Kier alpha value is -1.18. The van der Waals surface area contributed by atoms with E-state index in [2.05, 4.69) is 0 Å². The molecule has 1 aromatic rings. The van der Waals surface area contributed by atoms with Gasteiger partial charge in [0.2, 0.25) is 0 Å². The molecule has 92 valence electrons. The van der Waals surface area contributed by atoms with E-state index in [0.29, 0.717) is 18.1 Å². The third-order valence-electron chi connectivity index (χ3n) is 3.87. The fourth-order valence-corrected chi connectivity index (χ4v) is 2.77. The summed E-state index contributed by atoms with van der Waals surface area (Å²) in [5.41, 5.74) is 1.22. The van der Waals surface area contributed by atoms with Gasteiger partial charge in [0.1, 0.15) is 11.6 Å². The Morgan fingerprint density at radius 1 is 1.18 bits per heavy atom. The van der Waals surface area contributed by atoms with Gasteiger partial charge in [0.25, 0.3) is 0 Å². The van der Waals surface area contributed by atoms with Crippen LogP contribution in [0.4, 0.5) is 4.39 Å². The number of carbonyl (C=O) groups is 1. The second-order valence-corrected chi connectivity index (χ2v) is 4.92. The Morgan fingerprint density at radius 2 is 1.76 bits per heavy atom. The van der Waals surface area contributed by atoms with E-state index in [1.54, 1.807) is 0 Å². The van der Waals surface area contributed by atoms with E-state index in [4.69, 9.17) is 0 Å². The first-order valence-corrected chi connectivity index (χ1v) is 6.49. The van der Waals surface area contributed by atoms with Crippen molar-refractivity contribution in [2.75, 3.05) is 0 Å². The molecule has 0 radical (unpaired) electrons. The summed E-state index contributed by atoms with van der Waals surface area (Å²) in [6, 6.07) is 6.81. The highest BCUT2D eigenvalue weighted by Gasteiger charge is 2.25. The first-order valence-electron chi connectivity index (χ1n) is 6.49. The van der Waals surface area contributed by atoms with Crippen molar-refractivity contribution >= 4 is 5.78 Å². The number of hydrogen-bond donors (Lipinski definition) is 0. The molecular formula is C15H19FO. The van der Waals surface area contributed by atoms with E-state index in [0.717, 1.165) is 25.7 Å². The van der Waals surface area contributed by atoms with Crippen LogP contribution in [0.5, 0.6) is 0 Å². The fraction of sp³-hybridized carbons (Fsp3) is 0.533. The lowest BCUT2D eigenvalue weighted by atomic mass is 9.77. The number of hydrogen-bond acceptors (Lipinski definition) is 1. The summed E-state index contributed by atoms with van der Waals surface area (Å²) < 4.78 is 12.8. The molecule has 1 aromatic carbocycles. The zero-order valence-corrected chi connectivity index (χ0v) is 10.3. The van der Waals surface area contributed by atoms with Gasteiger partial charge in [-0.25, -0.2) is 4.39 Å². The first kappa shape index (κ1) is 12.3.